The maximum absolute atomic E-state index is 12.4. The van der Waals surface area contributed by atoms with Crippen molar-refractivity contribution in [2.24, 2.45) is 5.92 Å². The van der Waals surface area contributed by atoms with Gasteiger partial charge in [-0.05, 0) is 57.1 Å². The Hall–Kier alpha value is -1.39. The molecule has 1 amide bonds. The molecule has 2 atom stereocenters. The Morgan fingerprint density at radius 3 is 2.77 bits per heavy atom. The molecule has 4 heteroatoms. The summed E-state index contributed by atoms with van der Waals surface area (Å²) in [6, 6.07) is 6.46. The number of aliphatic hydroxyl groups excluding tert-OH is 1. The zero-order chi connectivity index (χ0) is 15.7. The molecule has 22 heavy (non-hydrogen) atoms. The number of likely N-dealkylation sites (tertiary alicyclic amines) is 1. The lowest BCUT2D eigenvalue weighted by Gasteiger charge is -2.37. The van der Waals surface area contributed by atoms with E-state index >= 15 is 0 Å². The Kier molecular flexibility index (Phi) is 4.50. The topological polar surface area (TPSA) is 52.6 Å². The van der Waals surface area contributed by atoms with Gasteiger partial charge in [0.1, 0.15) is 0 Å². The zero-order valence-electron chi connectivity index (χ0n) is 13.5. The van der Waals surface area contributed by atoms with Crippen LogP contribution in [0.15, 0.2) is 18.2 Å². The molecule has 4 nitrogen and oxygen atoms in total. The molecule has 1 aromatic carbocycles. The van der Waals surface area contributed by atoms with Gasteiger partial charge in [0.15, 0.2) is 0 Å². The number of amides is 1. The van der Waals surface area contributed by atoms with E-state index in [9.17, 15) is 9.90 Å². The first-order valence-electron chi connectivity index (χ1n) is 8.32. The highest BCUT2D eigenvalue weighted by Crippen LogP contribution is 2.39. The van der Waals surface area contributed by atoms with E-state index in [1.807, 2.05) is 19.1 Å². The van der Waals surface area contributed by atoms with Crippen LogP contribution in [-0.4, -0.2) is 41.1 Å². The molecule has 2 aliphatic rings. The predicted molar refractivity (Wildman–Crippen MR) is 87.9 cm³/mol. The van der Waals surface area contributed by atoms with Crippen molar-refractivity contribution in [3.05, 3.63) is 29.3 Å². The predicted octanol–water partition coefficient (Wildman–Crippen LogP) is 2.48. The number of aryl methyl sites for hydroxylation is 2. The third kappa shape index (κ3) is 3.68. The van der Waals surface area contributed by atoms with E-state index in [2.05, 4.69) is 23.2 Å². The Labute approximate surface area is 132 Å². The third-order valence-corrected chi connectivity index (χ3v) is 4.90. The van der Waals surface area contributed by atoms with E-state index in [0.29, 0.717) is 18.5 Å². The van der Waals surface area contributed by atoms with E-state index in [-0.39, 0.29) is 12.0 Å². The Bertz CT molecular complexity index is 554. The summed E-state index contributed by atoms with van der Waals surface area (Å²) in [5, 5.41) is 12.9. The average Bonchev–Trinajstić information content (AvgIpc) is 3.28. The second-order valence-corrected chi connectivity index (χ2v) is 6.92. The van der Waals surface area contributed by atoms with Gasteiger partial charge in [-0.3, -0.25) is 9.69 Å². The lowest BCUT2D eigenvalue weighted by atomic mass is 9.96. The minimum atomic E-state index is -0.191. The van der Waals surface area contributed by atoms with Crippen molar-refractivity contribution in [2.75, 3.05) is 18.4 Å². The van der Waals surface area contributed by atoms with Gasteiger partial charge in [-0.25, -0.2) is 0 Å². The maximum atomic E-state index is 12.4. The number of aliphatic hydroxyl groups is 1. The molecular formula is C18H26N2O2. The van der Waals surface area contributed by atoms with E-state index in [0.717, 1.165) is 30.6 Å². The van der Waals surface area contributed by atoms with Crippen LogP contribution in [-0.2, 0) is 4.79 Å². The number of carbonyl (C=O) groups is 1. The van der Waals surface area contributed by atoms with Crippen molar-refractivity contribution in [1.29, 1.82) is 0 Å². The summed E-state index contributed by atoms with van der Waals surface area (Å²) in [7, 11) is 0. The first-order valence-corrected chi connectivity index (χ1v) is 8.32. The van der Waals surface area contributed by atoms with Crippen LogP contribution in [0.25, 0.3) is 0 Å². The normalized spacial score (nSPS) is 26.0. The van der Waals surface area contributed by atoms with Gasteiger partial charge in [0.25, 0.3) is 0 Å². The SMILES string of the molecule is Cc1ccc(NC(=O)CN2CC[C@@H](O)C[C@@H]2C2CC2)c(C)c1. The van der Waals surface area contributed by atoms with E-state index in [4.69, 9.17) is 0 Å². The summed E-state index contributed by atoms with van der Waals surface area (Å²) in [5.41, 5.74) is 3.20. The number of carbonyl (C=O) groups excluding carboxylic acids is 1. The number of piperidine rings is 1. The lowest BCUT2D eigenvalue weighted by Crippen LogP contribution is -2.48. The Morgan fingerprint density at radius 1 is 1.32 bits per heavy atom. The van der Waals surface area contributed by atoms with Gasteiger partial charge in [0.05, 0.1) is 12.6 Å². The molecule has 0 spiro atoms. The first-order chi connectivity index (χ1) is 10.5. The number of hydrogen-bond donors (Lipinski definition) is 2. The molecule has 1 aliphatic carbocycles. The van der Waals surface area contributed by atoms with Crippen LogP contribution in [0.5, 0.6) is 0 Å². The van der Waals surface area contributed by atoms with Crippen LogP contribution in [0.1, 0.15) is 36.8 Å². The van der Waals surface area contributed by atoms with Crippen LogP contribution >= 0.6 is 0 Å². The minimum Gasteiger partial charge on any atom is -0.393 e. The molecule has 1 saturated carbocycles. The van der Waals surface area contributed by atoms with Gasteiger partial charge in [-0.1, -0.05) is 17.7 Å². The Morgan fingerprint density at radius 2 is 2.09 bits per heavy atom. The third-order valence-electron chi connectivity index (χ3n) is 4.90. The molecular weight excluding hydrogens is 276 g/mol. The number of nitrogens with one attached hydrogen (secondary N) is 1. The van der Waals surface area contributed by atoms with Crippen molar-refractivity contribution < 1.29 is 9.90 Å². The quantitative estimate of drug-likeness (QED) is 0.898. The fourth-order valence-corrected chi connectivity index (χ4v) is 3.52. The smallest absolute Gasteiger partial charge is 0.238 e. The summed E-state index contributed by atoms with van der Waals surface area (Å²) in [6.07, 6.45) is 3.89. The zero-order valence-corrected chi connectivity index (χ0v) is 13.5. The van der Waals surface area contributed by atoms with E-state index in [1.54, 1.807) is 0 Å². The number of hydrogen-bond acceptors (Lipinski definition) is 3. The molecule has 0 unspecified atom stereocenters. The molecule has 2 fully saturated rings. The van der Waals surface area contributed by atoms with Crippen molar-refractivity contribution >= 4 is 11.6 Å². The van der Waals surface area contributed by atoms with Gasteiger partial charge in [-0.2, -0.15) is 0 Å². The van der Waals surface area contributed by atoms with Crippen LogP contribution in [0.2, 0.25) is 0 Å². The average molecular weight is 302 g/mol. The number of benzene rings is 1. The van der Waals surface area contributed by atoms with E-state index in [1.165, 1.54) is 18.4 Å². The van der Waals surface area contributed by atoms with Crippen LogP contribution in [0, 0.1) is 19.8 Å². The molecule has 0 radical (unpaired) electrons. The Balaban J connectivity index is 1.60. The number of rotatable bonds is 4. The standard InChI is InChI=1S/C18H26N2O2/c1-12-3-6-16(13(2)9-12)19-18(22)11-20-8-7-15(21)10-17(20)14-4-5-14/h3,6,9,14-15,17,21H,4-5,7-8,10-11H2,1-2H3,(H,19,22)/t15-,17-/m1/s1. The van der Waals surface area contributed by atoms with Crippen LogP contribution < -0.4 is 5.32 Å². The summed E-state index contributed by atoms with van der Waals surface area (Å²) in [4.78, 5) is 14.6. The highest BCUT2D eigenvalue weighted by atomic mass is 16.3. The van der Waals surface area contributed by atoms with Gasteiger partial charge in [0.2, 0.25) is 5.91 Å². The monoisotopic (exact) mass is 302 g/mol. The molecule has 0 bridgehead atoms. The lowest BCUT2D eigenvalue weighted by molar-refractivity contribution is -0.119. The summed E-state index contributed by atoms with van der Waals surface area (Å²) < 4.78 is 0. The summed E-state index contributed by atoms with van der Waals surface area (Å²) in [5.74, 6) is 0.734. The van der Waals surface area contributed by atoms with Crippen LogP contribution in [0.4, 0.5) is 5.69 Å². The van der Waals surface area contributed by atoms with Crippen LogP contribution in [0.3, 0.4) is 0 Å². The minimum absolute atomic E-state index is 0.0500. The first kappa shape index (κ1) is 15.5. The highest BCUT2D eigenvalue weighted by molar-refractivity contribution is 5.93. The van der Waals surface area contributed by atoms with Crippen molar-refractivity contribution in [3.63, 3.8) is 0 Å². The van der Waals surface area contributed by atoms with Crippen molar-refractivity contribution in [2.45, 2.75) is 51.7 Å². The molecule has 1 heterocycles. The summed E-state index contributed by atoms with van der Waals surface area (Å²) >= 11 is 0. The van der Waals surface area contributed by atoms with Gasteiger partial charge >= 0.3 is 0 Å². The maximum Gasteiger partial charge on any atom is 0.238 e. The summed E-state index contributed by atoms with van der Waals surface area (Å²) in [6.45, 7) is 5.33. The van der Waals surface area contributed by atoms with Crippen molar-refractivity contribution in [3.8, 4) is 0 Å². The van der Waals surface area contributed by atoms with Crippen molar-refractivity contribution in [1.82, 2.24) is 4.90 Å². The highest BCUT2D eigenvalue weighted by Gasteiger charge is 2.39. The molecule has 120 valence electrons. The number of nitrogens with zero attached hydrogens (tertiary/aromatic N) is 1. The number of anilines is 1. The van der Waals surface area contributed by atoms with Gasteiger partial charge < -0.3 is 10.4 Å². The molecule has 3 rings (SSSR count). The molecule has 1 aliphatic heterocycles. The molecule has 1 saturated heterocycles. The second kappa shape index (κ2) is 6.39. The molecule has 2 N–H and O–H groups in total. The van der Waals surface area contributed by atoms with Gasteiger partial charge in [0, 0.05) is 18.3 Å². The van der Waals surface area contributed by atoms with E-state index < -0.39 is 0 Å². The largest absolute Gasteiger partial charge is 0.393 e. The molecule has 1 aromatic rings. The fourth-order valence-electron chi connectivity index (χ4n) is 3.52. The second-order valence-electron chi connectivity index (χ2n) is 6.92. The van der Waals surface area contributed by atoms with Gasteiger partial charge in [-0.15, -0.1) is 0 Å². The molecule has 0 aromatic heterocycles. The fraction of sp³-hybridized carbons (Fsp3) is 0.611.